The highest BCUT2D eigenvalue weighted by molar-refractivity contribution is 8.00. The van der Waals surface area contributed by atoms with Gasteiger partial charge in [0.15, 0.2) is 0 Å². The van der Waals surface area contributed by atoms with Crippen molar-refractivity contribution in [3.05, 3.63) is 58.9 Å². The van der Waals surface area contributed by atoms with Gasteiger partial charge in [-0.15, -0.1) is 11.8 Å². The maximum absolute atomic E-state index is 13.6. The van der Waals surface area contributed by atoms with Crippen molar-refractivity contribution in [2.24, 2.45) is 0 Å². The average molecular weight is 400 g/mol. The summed E-state index contributed by atoms with van der Waals surface area (Å²) in [6, 6.07) is 12.2. The molecule has 1 amide bonds. The first-order valence-corrected chi connectivity index (χ1v) is 10.2. The van der Waals surface area contributed by atoms with Crippen molar-refractivity contribution in [1.82, 2.24) is 5.32 Å². The number of amides is 1. The second kappa shape index (κ2) is 10.6. The van der Waals surface area contributed by atoms with E-state index in [0.29, 0.717) is 34.4 Å². The van der Waals surface area contributed by atoms with Crippen LogP contribution in [0.2, 0.25) is 5.02 Å². The summed E-state index contributed by atoms with van der Waals surface area (Å²) in [5.74, 6) is 2.02. The van der Waals surface area contributed by atoms with E-state index in [-0.39, 0.29) is 11.7 Å². The molecular weight excluding hydrogens is 381 g/mol. The van der Waals surface area contributed by atoms with Gasteiger partial charge in [-0.3, -0.25) is 4.79 Å². The number of halogens is 2. The fraction of sp³-hybridized carbons (Fsp3) is 0.278. The molecule has 2 rings (SSSR count). The number of hydrogen-bond acceptors (Lipinski definition) is 4. The fourth-order valence-electron chi connectivity index (χ4n) is 1.98. The summed E-state index contributed by atoms with van der Waals surface area (Å²) in [6.07, 6.45) is 0. The molecule has 0 unspecified atom stereocenters. The maximum Gasteiger partial charge on any atom is 0.230 e. The van der Waals surface area contributed by atoms with Crippen molar-refractivity contribution in [1.29, 1.82) is 0 Å². The van der Waals surface area contributed by atoms with Gasteiger partial charge in [-0.25, -0.2) is 4.39 Å². The zero-order valence-corrected chi connectivity index (χ0v) is 16.1. The molecule has 0 fully saturated rings. The Labute approximate surface area is 160 Å². The van der Waals surface area contributed by atoms with Gasteiger partial charge in [0.25, 0.3) is 0 Å². The predicted octanol–water partition coefficient (Wildman–Crippen LogP) is 4.63. The summed E-state index contributed by atoms with van der Waals surface area (Å²) in [4.78, 5) is 12.8. The molecule has 0 saturated carbocycles. The molecule has 0 aliphatic rings. The van der Waals surface area contributed by atoms with E-state index < -0.39 is 0 Å². The van der Waals surface area contributed by atoms with Gasteiger partial charge in [-0.2, -0.15) is 11.8 Å². The Hall–Kier alpha value is -1.37. The highest BCUT2D eigenvalue weighted by Crippen LogP contribution is 2.24. The number of carbonyl (C=O) groups excluding carboxylic acids is 1. The molecule has 2 aromatic carbocycles. The summed E-state index contributed by atoms with van der Waals surface area (Å²) < 4.78 is 18.7. The van der Waals surface area contributed by atoms with Crippen LogP contribution in [0, 0.1) is 5.82 Å². The summed E-state index contributed by atoms with van der Waals surface area (Å²) in [5.41, 5.74) is 0.510. The van der Waals surface area contributed by atoms with E-state index in [2.05, 4.69) is 5.32 Å². The van der Waals surface area contributed by atoms with Crippen LogP contribution in [0.1, 0.15) is 5.56 Å². The molecule has 3 nitrogen and oxygen atoms in total. The molecular formula is C18H19ClFNO2S2. The zero-order valence-electron chi connectivity index (χ0n) is 13.8. The molecule has 0 aliphatic carbocycles. The quantitative estimate of drug-likeness (QED) is 0.493. The third-order valence-electron chi connectivity index (χ3n) is 3.31. The van der Waals surface area contributed by atoms with Gasteiger partial charge in [0, 0.05) is 33.5 Å². The van der Waals surface area contributed by atoms with Crippen molar-refractivity contribution in [3.8, 4) is 5.75 Å². The van der Waals surface area contributed by atoms with Gasteiger partial charge in [0.1, 0.15) is 11.6 Å². The number of rotatable bonds is 9. The molecule has 134 valence electrons. The fourth-order valence-corrected chi connectivity index (χ4v) is 3.90. The molecule has 1 N–H and O–H groups in total. The SMILES string of the molecule is COc1ccc(SCC(=O)NCCSCc2c(F)cccc2Cl)cc1. The highest BCUT2D eigenvalue weighted by atomic mass is 35.5. The summed E-state index contributed by atoms with van der Waals surface area (Å²) in [7, 11) is 1.62. The number of benzene rings is 2. The normalized spacial score (nSPS) is 10.5. The van der Waals surface area contributed by atoms with Crippen LogP contribution in [0.15, 0.2) is 47.4 Å². The van der Waals surface area contributed by atoms with E-state index in [1.54, 1.807) is 19.2 Å². The van der Waals surface area contributed by atoms with Crippen LogP contribution in [0.4, 0.5) is 4.39 Å². The minimum Gasteiger partial charge on any atom is -0.497 e. The lowest BCUT2D eigenvalue weighted by molar-refractivity contribution is -0.118. The number of methoxy groups -OCH3 is 1. The Morgan fingerprint density at radius 2 is 2.00 bits per heavy atom. The third kappa shape index (κ3) is 6.80. The largest absolute Gasteiger partial charge is 0.497 e. The van der Waals surface area contributed by atoms with Crippen LogP contribution in [0.25, 0.3) is 0 Å². The molecule has 0 bridgehead atoms. The lowest BCUT2D eigenvalue weighted by atomic mass is 10.2. The van der Waals surface area contributed by atoms with Crippen LogP contribution in [0.3, 0.4) is 0 Å². The number of nitrogens with one attached hydrogen (secondary N) is 1. The van der Waals surface area contributed by atoms with Gasteiger partial charge >= 0.3 is 0 Å². The maximum atomic E-state index is 13.6. The number of hydrogen-bond donors (Lipinski definition) is 1. The highest BCUT2D eigenvalue weighted by Gasteiger charge is 2.07. The second-order valence-electron chi connectivity index (χ2n) is 5.07. The van der Waals surface area contributed by atoms with Crippen LogP contribution in [-0.4, -0.2) is 31.1 Å². The van der Waals surface area contributed by atoms with Crippen molar-refractivity contribution >= 4 is 41.0 Å². The minimum atomic E-state index is -0.292. The van der Waals surface area contributed by atoms with Crippen molar-refractivity contribution in [2.75, 3.05) is 25.2 Å². The Morgan fingerprint density at radius 3 is 2.68 bits per heavy atom. The molecule has 0 spiro atoms. The van der Waals surface area contributed by atoms with E-state index in [0.717, 1.165) is 10.6 Å². The van der Waals surface area contributed by atoms with Gasteiger partial charge < -0.3 is 10.1 Å². The van der Waals surface area contributed by atoms with Crippen molar-refractivity contribution in [2.45, 2.75) is 10.6 Å². The van der Waals surface area contributed by atoms with E-state index >= 15 is 0 Å². The molecule has 0 atom stereocenters. The first-order valence-electron chi connectivity index (χ1n) is 7.64. The second-order valence-corrected chi connectivity index (χ2v) is 7.63. The zero-order chi connectivity index (χ0) is 18.1. The van der Waals surface area contributed by atoms with Gasteiger partial charge in [-0.1, -0.05) is 17.7 Å². The smallest absolute Gasteiger partial charge is 0.230 e. The Balaban J connectivity index is 1.62. The Morgan fingerprint density at radius 1 is 1.24 bits per heavy atom. The van der Waals surface area contributed by atoms with E-state index in [9.17, 15) is 9.18 Å². The van der Waals surface area contributed by atoms with Crippen LogP contribution >= 0.6 is 35.1 Å². The van der Waals surface area contributed by atoms with Crippen LogP contribution < -0.4 is 10.1 Å². The Kier molecular flexibility index (Phi) is 8.44. The van der Waals surface area contributed by atoms with Crippen LogP contribution in [-0.2, 0) is 10.5 Å². The van der Waals surface area contributed by atoms with Gasteiger partial charge in [0.05, 0.1) is 12.9 Å². The molecule has 0 aromatic heterocycles. The predicted molar refractivity (Wildman–Crippen MR) is 104 cm³/mol. The molecule has 2 aromatic rings. The number of thioether (sulfide) groups is 2. The van der Waals surface area contributed by atoms with E-state index in [1.165, 1.54) is 29.6 Å². The first-order chi connectivity index (χ1) is 12.1. The lowest BCUT2D eigenvalue weighted by Crippen LogP contribution is -2.27. The molecule has 0 aliphatic heterocycles. The topological polar surface area (TPSA) is 38.3 Å². The molecule has 25 heavy (non-hydrogen) atoms. The molecule has 7 heteroatoms. The van der Waals surface area contributed by atoms with Gasteiger partial charge in [-0.05, 0) is 36.4 Å². The summed E-state index contributed by atoms with van der Waals surface area (Å²) in [6.45, 7) is 0.540. The Bertz CT molecular complexity index is 678. The van der Waals surface area contributed by atoms with Gasteiger partial charge in [0.2, 0.25) is 5.91 Å². The minimum absolute atomic E-state index is 0.0228. The van der Waals surface area contributed by atoms with Crippen molar-refractivity contribution < 1.29 is 13.9 Å². The van der Waals surface area contributed by atoms with Crippen molar-refractivity contribution in [3.63, 3.8) is 0 Å². The van der Waals surface area contributed by atoms with E-state index in [4.69, 9.17) is 16.3 Å². The monoisotopic (exact) mass is 399 g/mol. The number of ether oxygens (including phenoxy) is 1. The van der Waals surface area contributed by atoms with E-state index in [1.807, 2.05) is 24.3 Å². The van der Waals surface area contributed by atoms with Crippen LogP contribution in [0.5, 0.6) is 5.75 Å². The first kappa shape index (κ1) is 19.9. The third-order valence-corrected chi connectivity index (χ3v) is 5.66. The summed E-state index contributed by atoms with van der Waals surface area (Å²) in [5, 5.41) is 3.30. The summed E-state index contributed by atoms with van der Waals surface area (Å²) >= 11 is 8.98. The lowest BCUT2D eigenvalue weighted by Gasteiger charge is -2.07. The molecule has 0 radical (unpaired) electrons. The standard InChI is InChI=1S/C18H19ClFNO2S2/c1-23-13-5-7-14(8-6-13)25-12-18(22)21-9-10-24-11-15-16(19)3-2-4-17(15)20/h2-8H,9-12H2,1H3,(H,21,22). The average Bonchev–Trinajstić information content (AvgIpc) is 2.62. The number of carbonyl (C=O) groups is 1. The molecule has 0 heterocycles. The molecule has 0 saturated heterocycles.